The number of amides is 4. The van der Waals surface area contributed by atoms with Gasteiger partial charge in [-0.05, 0) is 171 Å². The molecule has 5 N–H and O–H groups in total. The topological polar surface area (TPSA) is 404 Å². The third-order valence-corrected chi connectivity index (χ3v) is 21.5. The molecule has 1 spiro atoms. The van der Waals surface area contributed by atoms with Gasteiger partial charge in [-0.25, -0.2) is 34.3 Å². The molecule has 13 rings (SSSR count). The van der Waals surface area contributed by atoms with E-state index in [0.717, 1.165) is 51.9 Å². The molecule has 4 amide bonds. The zero-order valence-electron chi connectivity index (χ0n) is 70.1. The maximum Gasteiger partial charge on any atom is 0.437 e. The van der Waals surface area contributed by atoms with Gasteiger partial charge in [-0.15, -0.1) is 0 Å². The summed E-state index contributed by atoms with van der Waals surface area (Å²) in [4.78, 5) is 175. The second-order valence-corrected chi connectivity index (χ2v) is 33.1. The van der Waals surface area contributed by atoms with Crippen molar-refractivity contribution in [2.75, 3.05) is 53.6 Å². The van der Waals surface area contributed by atoms with Gasteiger partial charge in [0, 0.05) is 48.6 Å². The molecule has 30 nitrogen and oxygen atoms in total. The van der Waals surface area contributed by atoms with Crippen LogP contribution in [0.15, 0.2) is 78.9 Å². The number of ketones is 3. The lowest BCUT2D eigenvalue weighted by Gasteiger charge is -2.35. The minimum Gasteiger partial charge on any atom is -0.505 e. The standard InChI is InChI=1S/C38H48N4O9.C26H38N2O7.C12H9F3N2O3.C7H6O2.C4H9N/c1-7-49-35(47)38-18-24(38)14-12-10-8-9-11-13-23(17-29(44)50-36(3,4)5)34(46)42-21-37(19-26(42)33(45)41-38)20-27(43)30-31-25(15-16-28(40-31)48-6)39-22(2)32(30)51-37;1-5-34-24(33)26-15-18(26)12-10-8-6-7-9-11-17(13-21(30)35-25(2,3)4)23(32)28-16-19(29)14-20(28)22(31)27-26;1-5(18)8-9-6(3-4-7(17-9)20-2)16-11(10(8)19)12(13,14)15;8-7(9)6-4-2-1-3-5-6;1-2-4-5-3-1/h12,14-16,23-24,26H,7-11,13,17-21H2,1-6H3,(H,41,45);10,12,17-18,20H,5-9,11,13-16H2,1-4H3,(H,27,31);3-4,19H,1-2H3;1-5H,(H,8,9);5H,1-4H2/b14-12-;12-10-;;;/t23-,24-,26+,37+,38-;17-,18-,20+,26-;;;/m11.../s1. The summed E-state index contributed by atoms with van der Waals surface area (Å²) in [6, 6.07) is 12.1. The number of carbonyl (C=O) groups is 12. The number of alkyl halides is 3. The van der Waals surface area contributed by atoms with Crippen LogP contribution in [0.2, 0.25) is 0 Å². The molecule has 9 atom stereocenters. The molecule has 33 heteroatoms. The minimum absolute atomic E-state index is 0.0165. The number of aryl methyl sites for hydroxylation is 1. The van der Waals surface area contributed by atoms with Gasteiger partial charge < -0.3 is 69.1 Å². The van der Waals surface area contributed by atoms with E-state index in [1.165, 1.54) is 62.1 Å². The number of aromatic nitrogens is 4. The van der Waals surface area contributed by atoms with E-state index in [4.69, 9.17) is 38.3 Å². The molecule has 0 bridgehead atoms. The molecule has 2 saturated carbocycles. The van der Waals surface area contributed by atoms with Crippen molar-refractivity contribution in [2.45, 2.75) is 237 Å². The van der Waals surface area contributed by atoms with Crippen molar-refractivity contribution in [3.63, 3.8) is 0 Å². The van der Waals surface area contributed by atoms with Crippen LogP contribution in [0.4, 0.5) is 13.2 Å². The lowest BCUT2D eigenvalue weighted by atomic mass is 9.87. The Morgan fingerprint density at radius 2 is 1.12 bits per heavy atom. The molecule has 1 aromatic carbocycles. The molecule has 0 unspecified atom stereocenters. The Balaban J connectivity index is 0.000000202. The molecule has 0 radical (unpaired) electrons. The van der Waals surface area contributed by atoms with Gasteiger partial charge in [-0.1, -0.05) is 68.2 Å². The van der Waals surface area contributed by atoms with Gasteiger partial charge in [-0.2, -0.15) is 13.2 Å². The highest BCUT2D eigenvalue weighted by Gasteiger charge is 2.65. The number of nitrogens with one attached hydrogen (secondary N) is 3. The Morgan fingerprint density at radius 1 is 0.625 bits per heavy atom. The highest BCUT2D eigenvalue weighted by atomic mass is 19.4. The molecule has 4 aromatic heterocycles. The van der Waals surface area contributed by atoms with Crippen molar-refractivity contribution in [1.82, 2.24) is 45.7 Å². The van der Waals surface area contributed by atoms with Gasteiger partial charge in [0.05, 0.1) is 93.2 Å². The lowest BCUT2D eigenvalue weighted by molar-refractivity contribution is -0.159. The average molecular weight is 1670 g/mol. The summed E-state index contributed by atoms with van der Waals surface area (Å²) in [6.07, 6.45) is 13.5. The number of aromatic carboxylic acids is 1. The molecule has 10 heterocycles. The first-order chi connectivity index (χ1) is 56.7. The molecular formula is C87H110F3N9O21. The van der Waals surface area contributed by atoms with Crippen LogP contribution >= 0.6 is 0 Å². The van der Waals surface area contributed by atoms with Crippen LogP contribution in [-0.2, 0) is 68.3 Å². The number of ether oxygens (including phenoxy) is 7. The van der Waals surface area contributed by atoms with Gasteiger partial charge in [-0.3, -0.25) is 43.2 Å². The fourth-order valence-corrected chi connectivity index (χ4v) is 15.6. The predicted molar refractivity (Wildman–Crippen MR) is 430 cm³/mol. The first-order valence-corrected chi connectivity index (χ1v) is 40.8. The van der Waals surface area contributed by atoms with Crippen LogP contribution in [0.1, 0.15) is 227 Å². The Labute approximate surface area is 694 Å². The van der Waals surface area contributed by atoms with Crippen LogP contribution in [0, 0.1) is 30.6 Å². The maximum absolute atomic E-state index is 14.6. The average Bonchev–Trinajstić information content (AvgIpc) is 1.38. The first-order valence-electron chi connectivity index (χ1n) is 40.8. The van der Waals surface area contributed by atoms with Crippen molar-refractivity contribution in [3.8, 4) is 23.3 Å². The second kappa shape index (κ2) is 39.9. The smallest absolute Gasteiger partial charge is 0.437 e. The van der Waals surface area contributed by atoms with Gasteiger partial charge in [0.2, 0.25) is 35.4 Å². The third kappa shape index (κ3) is 23.5. The molecule has 8 aliphatic rings. The van der Waals surface area contributed by atoms with Crippen molar-refractivity contribution in [1.29, 1.82) is 0 Å². The number of allylic oxidation sites excluding steroid dienone is 2. The summed E-state index contributed by atoms with van der Waals surface area (Å²) in [5, 5.41) is 27.1. The summed E-state index contributed by atoms with van der Waals surface area (Å²) in [7, 11) is 2.80. The highest BCUT2D eigenvalue weighted by molar-refractivity contribution is 6.11. The molecule has 2 aliphatic carbocycles. The Hall–Kier alpha value is -11.0. The number of methoxy groups -OCH3 is 2. The fourth-order valence-electron chi connectivity index (χ4n) is 15.6. The molecule has 5 aromatic rings. The minimum atomic E-state index is -4.87. The van der Waals surface area contributed by atoms with Crippen LogP contribution in [-0.4, -0.2) is 204 Å². The zero-order valence-corrected chi connectivity index (χ0v) is 70.1. The Kier molecular flexibility index (Phi) is 30.9. The van der Waals surface area contributed by atoms with E-state index >= 15 is 0 Å². The Bertz CT molecular complexity index is 4710. The van der Waals surface area contributed by atoms with E-state index in [1.807, 2.05) is 24.3 Å². The van der Waals surface area contributed by atoms with Crippen LogP contribution < -0.4 is 30.2 Å². The Morgan fingerprint density at radius 3 is 1.58 bits per heavy atom. The SMILES string of the molecule is C1CCNC1.CCOC(=O)[C@@]12C[C@H]1/C=C\CCCCC[C@H](CC(=O)OC(C)(C)C)C(=O)N1CC(=O)C[C@H]1C(=O)N2.CCOC(=O)[C@@]12C[C@H]1/C=C\CCCCC[C@H](CC(=O)OC(C)(C)C)C(=O)N1C[C@@]3(CC(=O)c4c(c(C)nc5ccc(OC)nc45)O3)C[C@H]1C(=O)N2.COc1ccc2nc(C(F)(F)F)c(O)c(C(C)=O)c2n1.O=C(O)c1ccccc1. The number of hydrogen-bond acceptors (Lipinski definition) is 25. The van der Waals surface area contributed by atoms with Crippen molar-refractivity contribution < 1.29 is 114 Å². The van der Waals surface area contributed by atoms with Crippen LogP contribution in [0.3, 0.4) is 0 Å². The molecular weight excluding hydrogens is 1560 g/mol. The normalized spacial score (nSPS) is 24.8. The number of carboxylic acids is 1. The summed E-state index contributed by atoms with van der Waals surface area (Å²) in [6.45, 7) is 19.4. The van der Waals surface area contributed by atoms with Gasteiger partial charge in [0.1, 0.15) is 51.0 Å². The molecule has 3 saturated heterocycles. The van der Waals surface area contributed by atoms with E-state index in [0.29, 0.717) is 60.3 Å². The maximum atomic E-state index is 14.6. The summed E-state index contributed by atoms with van der Waals surface area (Å²) in [5.41, 5.74) is -5.52. The second-order valence-electron chi connectivity index (χ2n) is 33.1. The number of fused-ring (bicyclic) bond motifs is 8. The molecule has 120 heavy (non-hydrogen) atoms. The van der Waals surface area contributed by atoms with Gasteiger partial charge in [0.15, 0.2) is 34.5 Å². The number of rotatable bonds is 12. The number of nitrogens with zero attached hydrogens (tertiary/aromatic N) is 6. The fraction of sp³-hybridized carbons (Fsp3) is 0.563. The number of pyridine rings is 4. The number of Topliss-reactive ketones (excluding diaryl/α,β-unsaturated/α-hetero) is 3. The van der Waals surface area contributed by atoms with Gasteiger partial charge >= 0.3 is 36.0 Å². The van der Waals surface area contributed by atoms with Crippen molar-refractivity contribution in [3.05, 3.63) is 107 Å². The monoisotopic (exact) mass is 1670 g/mol. The zero-order chi connectivity index (χ0) is 87.8. The van der Waals surface area contributed by atoms with Crippen molar-refractivity contribution >= 4 is 92.9 Å². The number of carbonyl (C=O) groups excluding carboxylic acids is 11. The van der Waals surface area contributed by atoms with Crippen LogP contribution in [0.5, 0.6) is 23.3 Å². The number of carboxylic acid groups (broad SMARTS) is 1. The number of esters is 4. The molecule has 5 fully saturated rings. The summed E-state index contributed by atoms with van der Waals surface area (Å²) in [5.74, 6) is -8.47. The van der Waals surface area contributed by atoms with E-state index in [1.54, 1.807) is 105 Å². The highest BCUT2D eigenvalue weighted by Crippen LogP contribution is 2.50. The summed E-state index contributed by atoms with van der Waals surface area (Å²) >= 11 is 0. The lowest BCUT2D eigenvalue weighted by Crippen LogP contribution is -2.54. The van der Waals surface area contributed by atoms with Crippen LogP contribution in [0.25, 0.3) is 22.1 Å². The predicted octanol–water partition coefficient (Wildman–Crippen LogP) is 11.3. The molecule has 6 aliphatic heterocycles. The molecule has 650 valence electrons. The number of halogens is 3. The number of aromatic hydroxyl groups is 1. The van der Waals surface area contributed by atoms with E-state index in [9.17, 15) is 75.8 Å². The van der Waals surface area contributed by atoms with Gasteiger partial charge in [0.25, 0.3) is 0 Å². The number of hydrogen-bond donors (Lipinski definition) is 5. The quantitative estimate of drug-likeness (QED) is 0.0335. The third-order valence-electron chi connectivity index (χ3n) is 21.5. The number of benzene rings is 1. The summed E-state index contributed by atoms with van der Waals surface area (Å²) < 4.78 is 76.9. The first kappa shape index (κ1) is 92.9. The van der Waals surface area contributed by atoms with E-state index in [2.05, 4.69) is 35.9 Å². The van der Waals surface area contributed by atoms with E-state index < -0.39 is 134 Å². The van der Waals surface area contributed by atoms with E-state index in [-0.39, 0.29) is 110 Å². The largest absolute Gasteiger partial charge is 0.505 e. The van der Waals surface area contributed by atoms with Crippen molar-refractivity contribution in [2.24, 2.45) is 23.7 Å².